The predicted octanol–water partition coefficient (Wildman–Crippen LogP) is 4.35. The summed E-state index contributed by atoms with van der Waals surface area (Å²) in [5.41, 5.74) is -0.435. The van der Waals surface area contributed by atoms with Crippen LogP contribution in [0, 0.1) is 17.6 Å². The molecule has 0 heterocycles. The average molecular weight is 291 g/mol. The van der Waals surface area contributed by atoms with Gasteiger partial charge in [0.25, 0.3) is 0 Å². The number of rotatable bonds is 4. The zero-order valence-corrected chi connectivity index (χ0v) is 10.8. The highest BCUT2D eigenvalue weighted by Gasteiger charge is 2.23. The van der Waals surface area contributed by atoms with E-state index in [2.05, 4.69) is 15.9 Å². The zero-order chi connectivity index (χ0) is 12.3. The maximum atomic E-state index is 13.6. The van der Waals surface area contributed by atoms with Crippen LogP contribution < -0.4 is 0 Å². The molecule has 0 amide bonds. The van der Waals surface area contributed by atoms with Crippen molar-refractivity contribution in [2.24, 2.45) is 5.92 Å². The Bertz CT molecular complexity index is 404. The molecule has 1 unspecified atom stereocenters. The van der Waals surface area contributed by atoms with Crippen LogP contribution in [0.3, 0.4) is 0 Å². The van der Waals surface area contributed by atoms with Gasteiger partial charge in [0, 0.05) is 5.92 Å². The summed E-state index contributed by atoms with van der Waals surface area (Å²) in [5, 5.41) is 0. The summed E-state index contributed by atoms with van der Waals surface area (Å²) in [6.45, 7) is 3.61. The van der Waals surface area contributed by atoms with E-state index in [1.165, 1.54) is 6.07 Å². The fraction of sp³-hybridized carbons (Fsp3) is 0.417. The molecule has 0 bridgehead atoms. The minimum absolute atomic E-state index is 0.112. The van der Waals surface area contributed by atoms with Gasteiger partial charge in [0.2, 0.25) is 0 Å². The van der Waals surface area contributed by atoms with Crippen molar-refractivity contribution in [1.82, 2.24) is 0 Å². The van der Waals surface area contributed by atoms with E-state index in [0.29, 0.717) is 6.42 Å². The SMILES string of the molecule is CCCC(C)C(=O)c1c(F)ccc(Br)c1F. The molecule has 4 heteroatoms. The Kier molecular flexibility index (Phi) is 4.59. The number of Topliss-reactive ketones (excluding diaryl/α,β-unsaturated/α-hetero) is 1. The Morgan fingerprint density at radius 1 is 1.44 bits per heavy atom. The van der Waals surface area contributed by atoms with Gasteiger partial charge in [-0.05, 0) is 34.5 Å². The lowest BCUT2D eigenvalue weighted by atomic mass is 9.95. The maximum Gasteiger partial charge on any atom is 0.171 e. The van der Waals surface area contributed by atoms with E-state index < -0.39 is 23.0 Å². The van der Waals surface area contributed by atoms with Gasteiger partial charge in [0.15, 0.2) is 11.6 Å². The van der Waals surface area contributed by atoms with Crippen molar-refractivity contribution in [3.63, 3.8) is 0 Å². The standard InChI is InChI=1S/C12H13BrF2O/c1-3-4-7(2)12(16)10-9(14)6-5-8(13)11(10)15/h5-7H,3-4H2,1-2H3. The Morgan fingerprint density at radius 2 is 2.06 bits per heavy atom. The molecule has 1 atom stereocenters. The normalized spacial score (nSPS) is 12.6. The summed E-state index contributed by atoms with van der Waals surface area (Å²) in [6.07, 6.45) is 1.44. The fourth-order valence-corrected chi connectivity index (χ4v) is 1.89. The Labute approximate surface area is 102 Å². The van der Waals surface area contributed by atoms with Crippen LogP contribution in [0.5, 0.6) is 0 Å². The summed E-state index contributed by atoms with van der Waals surface area (Å²) in [5.74, 6) is -2.44. The molecule has 1 aromatic carbocycles. The molecule has 1 nitrogen and oxygen atoms in total. The summed E-state index contributed by atoms with van der Waals surface area (Å²) < 4.78 is 27.1. The molecule has 88 valence electrons. The number of carbonyl (C=O) groups excluding carboxylic acids is 1. The molecule has 0 radical (unpaired) electrons. The minimum Gasteiger partial charge on any atom is -0.294 e. The van der Waals surface area contributed by atoms with Gasteiger partial charge in [-0.15, -0.1) is 0 Å². The van der Waals surface area contributed by atoms with E-state index in [1.807, 2.05) is 6.92 Å². The smallest absolute Gasteiger partial charge is 0.171 e. The molecule has 0 aliphatic heterocycles. The number of ketones is 1. The van der Waals surface area contributed by atoms with Crippen molar-refractivity contribution in [3.05, 3.63) is 33.8 Å². The first kappa shape index (κ1) is 13.3. The van der Waals surface area contributed by atoms with Gasteiger partial charge in [-0.3, -0.25) is 4.79 Å². The van der Waals surface area contributed by atoms with Gasteiger partial charge < -0.3 is 0 Å². The fourth-order valence-electron chi connectivity index (χ4n) is 1.56. The molecular formula is C12H13BrF2O. The van der Waals surface area contributed by atoms with Crippen molar-refractivity contribution in [3.8, 4) is 0 Å². The van der Waals surface area contributed by atoms with Crippen molar-refractivity contribution in [2.45, 2.75) is 26.7 Å². The second-order valence-corrected chi connectivity index (χ2v) is 4.63. The van der Waals surface area contributed by atoms with E-state index in [1.54, 1.807) is 6.92 Å². The molecule has 0 spiro atoms. The Hall–Kier alpha value is -0.770. The third kappa shape index (κ3) is 2.67. The van der Waals surface area contributed by atoms with Crippen molar-refractivity contribution < 1.29 is 13.6 Å². The molecule has 0 saturated carbocycles. The molecule has 0 aliphatic rings. The van der Waals surface area contributed by atoms with Gasteiger partial charge in [0.05, 0.1) is 10.0 Å². The Balaban J connectivity index is 3.12. The van der Waals surface area contributed by atoms with E-state index in [4.69, 9.17) is 0 Å². The molecule has 0 aromatic heterocycles. The van der Waals surface area contributed by atoms with E-state index in [9.17, 15) is 13.6 Å². The van der Waals surface area contributed by atoms with Crippen LogP contribution in [0.4, 0.5) is 8.78 Å². The topological polar surface area (TPSA) is 17.1 Å². The molecular weight excluding hydrogens is 278 g/mol. The number of halogens is 3. The third-order valence-corrected chi connectivity index (χ3v) is 3.07. The first-order valence-corrected chi connectivity index (χ1v) is 5.96. The minimum atomic E-state index is -0.812. The van der Waals surface area contributed by atoms with Gasteiger partial charge in [-0.25, -0.2) is 8.78 Å². The summed E-state index contributed by atoms with van der Waals surface area (Å²) >= 11 is 2.94. The maximum absolute atomic E-state index is 13.6. The zero-order valence-electron chi connectivity index (χ0n) is 9.19. The molecule has 0 fully saturated rings. The van der Waals surface area contributed by atoms with Gasteiger partial charge in [0.1, 0.15) is 5.82 Å². The number of hydrogen-bond acceptors (Lipinski definition) is 1. The second-order valence-electron chi connectivity index (χ2n) is 3.77. The van der Waals surface area contributed by atoms with Crippen molar-refractivity contribution in [2.75, 3.05) is 0 Å². The third-order valence-electron chi connectivity index (χ3n) is 2.46. The highest BCUT2D eigenvalue weighted by atomic mass is 79.9. The molecule has 0 N–H and O–H groups in total. The van der Waals surface area contributed by atoms with Gasteiger partial charge >= 0.3 is 0 Å². The number of hydrogen-bond donors (Lipinski definition) is 0. The van der Waals surface area contributed by atoms with E-state index in [-0.39, 0.29) is 10.4 Å². The van der Waals surface area contributed by atoms with Crippen molar-refractivity contribution >= 4 is 21.7 Å². The van der Waals surface area contributed by atoms with Gasteiger partial charge in [-0.1, -0.05) is 20.3 Å². The lowest BCUT2D eigenvalue weighted by Crippen LogP contribution is -2.15. The lowest BCUT2D eigenvalue weighted by molar-refractivity contribution is 0.0914. The van der Waals surface area contributed by atoms with E-state index in [0.717, 1.165) is 12.5 Å². The molecule has 0 aliphatic carbocycles. The van der Waals surface area contributed by atoms with Crippen LogP contribution in [0.15, 0.2) is 16.6 Å². The van der Waals surface area contributed by atoms with Crippen LogP contribution in [0.25, 0.3) is 0 Å². The van der Waals surface area contributed by atoms with Crippen LogP contribution in [0.1, 0.15) is 37.0 Å². The summed E-state index contributed by atoms with van der Waals surface area (Å²) in [7, 11) is 0. The predicted molar refractivity (Wildman–Crippen MR) is 62.5 cm³/mol. The number of benzene rings is 1. The summed E-state index contributed by atoms with van der Waals surface area (Å²) in [4.78, 5) is 11.8. The van der Waals surface area contributed by atoms with Crippen LogP contribution in [0.2, 0.25) is 0 Å². The van der Waals surface area contributed by atoms with Gasteiger partial charge in [-0.2, -0.15) is 0 Å². The van der Waals surface area contributed by atoms with Crippen molar-refractivity contribution in [1.29, 1.82) is 0 Å². The molecule has 0 saturated heterocycles. The molecule has 1 aromatic rings. The lowest BCUT2D eigenvalue weighted by Gasteiger charge is -2.11. The Morgan fingerprint density at radius 3 is 2.62 bits per heavy atom. The number of carbonyl (C=O) groups is 1. The van der Waals surface area contributed by atoms with Crippen LogP contribution in [-0.2, 0) is 0 Å². The van der Waals surface area contributed by atoms with Crippen LogP contribution in [-0.4, -0.2) is 5.78 Å². The second kappa shape index (κ2) is 5.53. The average Bonchev–Trinajstić information content (AvgIpc) is 2.24. The molecule has 16 heavy (non-hydrogen) atoms. The summed E-state index contributed by atoms with van der Waals surface area (Å²) in [6, 6.07) is 2.35. The van der Waals surface area contributed by atoms with Crippen LogP contribution >= 0.6 is 15.9 Å². The highest BCUT2D eigenvalue weighted by molar-refractivity contribution is 9.10. The largest absolute Gasteiger partial charge is 0.294 e. The highest BCUT2D eigenvalue weighted by Crippen LogP contribution is 2.25. The first-order valence-electron chi connectivity index (χ1n) is 5.16. The molecule has 1 rings (SSSR count). The first-order chi connectivity index (χ1) is 7.49. The van der Waals surface area contributed by atoms with E-state index >= 15 is 0 Å². The monoisotopic (exact) mass is 290 g/mol. The quantitative estimate of drug-likeness (QED) is 0.595.